The van der Waals surface area contributed by atoms with Crippen LogP contribution >= 0.6 is 0 Å². The van der Waals surface area contributed by atoms with Gasteiger partial charge in [0.15, 0.2) is 17.5 Å². The van der Waals surface area contributed by atoms with Crippen LogP contribution in [-0.2, 0) is 4.74 Å². The molecule has 0 saturated heterocycles. The average molecular weight is 364 g/mol. The minimum absolute atomic E-state index is 0.0176. The second kappa shape index (κ2) is 10.3. The molecule has 1 saturated carbocycles. The van der Waals surface area contributed by atoms with Gasteiger partial charge in [-0.1, -0.05) is 18.6 Å². The van der Waals surface area contributed by atoms with Crippen LogP contribution in [0.3, 0.4) is 0 Å². The summed E-state index contributed by atoms with van der Waals surface area (Å²) in [4.78, 5) is 4.33. The first-order valence-corrected chi connectivity index (χ1v) is 9.35. The van der Waals surface area contributed by atoms with Crippen LogP contribution in [0.1, 0.15) is 32.6 Å². The van der Waals surface area contributed by atoms with Crippen LogP contribution in [0.15, 0.2) is 29.3 Å². The monoisotopic (exact) mass is 363 g/mol. The molecule has 0 bridgehead atoms. The zero-order chi connectivity index (χ0) is 18.8. The van der Waals surface area contributed by atoms with Gasteiger partial charge < -0.3 is 24.8 Å². The van der Waals surface area contributed by atoms with Crippen molar-refractivity contribution in [2.75, 3.05) is 41.0 Å². The summed E-state index contributed by atoms with van der Waals surface area (Å²) < 4.78 is 16.6. The number of guanidine groups is 1. The van der Waals surface area contributed by atoms with Gasteiger partial charge in [-0.25, -0.2) is 0 Å². The van der Waals surface area contributed by atoms with E-state index in [0.29, 0.717) is 12.0 Å². The molecule has 6 nitrogen and oxygen atoms in total. The maximum absolute atomic E-state index is 5.98. The van der Waals surface area contributed by atoms with Crippen LogP contribution in [0.25, 0.3) is 0 Å². The molecule has 2 N–H and O–H groups in total. The summed E-state index contributed by atoms with van der Waals surface area (Å²) in [6.45, 7) is 4.43. The lowest BCUT2D eigenvalue weighted by Crippen LogP contribution is -2.48. The third kappa shape index (κ3) is 5.80. The van der Waals surface area contributed by atoms with Crippen molar-refractivity contribution in [2.45, 2.75) is 38.7 Å². The lowest BCUT2D eigenvalue weighted by molar-refractivity contribution is 0.0732. The number of nitrogens with zero attached hydrogens (tertiary/aromatic N) is 1. The van der Waals surface area contributed by atoms with E-state index in [1.165, 1.54) is 19.3 Å². The average Bonchev–Trinajstić information content (AvgIpc) is 2.63. The highest BCUT2D eigenvalue weighted by Crippen LogP contribution is 2.43. The number of para-hydroxylation sites is 2. The van der Waals surface area contributed by atoms with Crippen LogP contribution in [0, 0.1) is 5.41 Å². The van der Waals surface area contributed by atoms with Crippen LogP contribution < -0.4 is 20.1 Å². The first kappa shape index (κ1) is 20.4. The van der Waals surface area contributed by atoms with E-state index in [1.807, 2.05) is 31.2 Å². The van der Waals surface area contributed by atoms with E-state index in [1.54, 1.807) is 21.3 Å². The van der Waals surface area contributed by atoms with Crippen molar-refractivity contribution in [2.24, 2.45) is 10.4 Å². The Hall–Kier alpha value is -1.95. The molecule has 6 heteroatoms. The standard InChI is InChI=1S/C20H33N3O3/c1-16(26-18-9-6-5-8-17(18)25-4)14-22-19(21-2)23-15-20(10-7-11-20)12-13-24-3/h5-6,8-9,16H,7,10-15H2,1-4H3,(H2,21,22,23). The second-order valence-corrected chi connectivity index (χ2v) is 6.98. The smallest absolute Gasteiger partial charge is 0.191 e. The van der Waals surface area contributed by atoms with E-state index in [2.05, 4.69) is 15.6 Å². The van der Waals surface area contributed by atoms with Crippen molar-refractivity contribution < 1.29 is 14.2 Å². The van der Waals surface area contributed by atoms with Gasteiger partial charge in [-0.3, -0.25) is 4.99 Å². The Morgan fingerprint density at radius 3 is 2.50 bits per heavy atom. The van der Waals surface area contributed by atoms with Crippen LogP contribution in [-0.4, -0.2) is 53.0 Å². The highest BCUT2D eigenvalue weighted by atomic mass is 16.5. The fourth-order valence-electron chi connectivity index (χ4n) is 3.22. The number of ether oxygens (including phenoxy) is 3. The summed E-state index contributed by atoms with van der Waals surface area (Å²) in [5.41, 5.74) is 0.354. The lowest BCUT2D eigenvalue weighted by Gasteiger charge is -2.42. The molecule has 0 radical (unpaired) electrons. The zero-order valence-corrected chi connectivity index (χ0v) is 16.5. The molecular weight excluding hydrogens is 330 g/mol. The highest BCUT2D eigenvalue weighted by Gasteiger charge is 2.36. The molecule has 1 unspecified atom stereocenters. The van der Waals surface area contributed by atoms with Gasteiger partial charge in [0.05, 0.1) is 13.7 Å². The van der Waals surface area contributed by atoms with E-state index in [-0.39, 0.29) is 6.10 Å². The number of nitrogens with one attached hydrogen (secondary N) is 2. The second-order valence-electron chi connectivity index (χ2n) is 6.98. The highest BCUT2D eigenvalue weighted by molar-refractivity contribution is 5.79. The fourth-order valence-corrected chi connectivity index (χ4v) is 3.22. The SMILES string of the molecule is CN=C(NCC(C)Oc1ccccc1OC)NCC1(CCOC)CCC1. The number of aliphatic imine (C=N–C) groups is 1. The van der Waals surface area contributed by atoms with Gasteiger partial charge in [-0.05, 0) is 43.7 Å². The van der Waals surface area contributed by atoms with Crippen LogP contribution in [0.4, 0.5) is 0 Å². The normalized spacial score (nSPS) is 17.2. The Morgan fingerprint density at radius 1 is 1.19 bits per heavy atom. The van der Waals surface area contributed by atoms with Crippen molar-refractivity contribution in [1.82, 2.24) is 10.6 Å². The quantitative estimate of drug-likeness (QED) is 0.494. The Labute approximate surface area is 157 Å². The van der Waals surface area contributed by atoms with Crippen LogP contribution in [0.2, 0.25) is 0 Å². The largest absolute Gasteiger partial charge is 0.493 e. The maximum atomic E-state index is 5.98. The molecule has 1 fully saturated rings. The predicted octanol–water partition coefficient (Wildman–Crippen LogP) is 2.83. The van der Waals surface area contributed by atoms with E-state index in [9.17, 15) is 0 Å². The minimum Gasteiger partial charge on any atom is -0.493 e. The van der Waals surface area contributed by atoms with Crippen LogP contribution in [0.5, 0.6) is 11.5 Å². The fraction of sp³-hybridized carbons (Fsp3) is 0.650. The molecule has 26 heavy (non-hydrogen) atoms. The Balaban J connectivity index is 1.77. The molecule has 0 heterocycles. The molecule has 1 aliphatic rings. The molecule has 1 aromatic rings. The number of rotatable bonds is 10. The summed E-state index contributed by atoms with van der Waals surface area (Å²) >= 11 is 0. The van der Waals surface area contributed by atoms with Gasteiger partial charge in [-0.2, -0.15) is 0 Å². The number of hydrogen-bond acceptors (Lipinski definition) is 4. The summed E-state index contributed by atoms with van der Waals surface area (Å²) in [5, 5.41) is 6.81. The maximum Gasteiger partial charge on any atom is 0.191 e. The summed E-state index contributed by atoms with van der Waals surface area (Å²) in [5.74, 6) is 2.30. The molecule has 0 aliphatic heterocycles. The number of methoxy groups -OCH3 is 2. The minimum atomic E-state index is -0.0176. The third-order valence-electron chi connectivity index (χ3n) is 5.06. The van der Waals surface area contributed by atoms with Crippen molar-refractivity contribution >= 4 is 5.96 Å². The molecule has 146 valence electrons. The first-order valence-electron chi connectivity index (χ1n) is 9.35. The van der Waals surface area contributed by atoms with Gasteiger partial charge in [-0.15, -0.1) is 0 Å². The number of hydrogen-bond donors (Lipinski definition) is 2. The van der Waals surface area contributed by atoms with Gasteiger partial charge in [0.2, 0.25) is 0 Å². The Morgan fingerprint density at radius 2 is 1.92 bits per heavy atom. The zero-order valence-electron chi connectivity index (χ0n) is 16.5. The van der Waals surface area contributed by atoms with Crippen molar-refractivity contribution in [1.29, 1.82) is 0 Å². The topological polar surface area (TPSA) is 64.1 Å². The van der Waals surface area contributed by atoms with E-state index >= 15 is 0 Å². The third-order valence-corrected chi connectivity index (χ3v) is 5.06. The summed E-state index contributed by atoms with van der Waals surface area (Å²) in [6.07, 6.45) is 4.90. The first-order chi connectivity index (χ1) is 12.6. The van der Waals surface area contributed by atoms with Crippen molar-refractivity contribution in [3.8, 4) is 11.5 Å². The Kier molecular flexibility index (Phi) is 8.04. The molecule has 0 spiro atoms. The molecular formula is C20H33N3O3. The summed E-state index contributed by atoms with van der Waals surface area (Å²) in [6, 6.07) is 7.68. The number of benzene rings is 1. The molecule has 0 amide bonds. The lowest BCUT2D eigenvalue weighted by atomic mass is 9.67. The van der Waals surface area contributed by atoms with E-state index < -0.39 is 0 Å². The predicted molar refractivity (Wildman–Crippen MR) is 105 cm³/mol. The molecule has 1 aromatic carbocycles. The van der Waals surface area contributed by atoms with Gasteiger partial charge in [0.25, 0.3) is 0 Å². The van der Waals surface area contributed by atoms with E-state index in [4.69, 9.17) is 14.2 Å². The van der Waals surface area contributed by atoms with Gasteiger partial charge in [0.1, 0.15) is 6.10 Å². The van der Waals surface area contributed by atoms with Crippen molar-refractivity contribution in [3.05, 3.63) is 24.3 Å². The molecule has 2 rings (SSSR count). The molecule has 1 atom stereocenters. The van der Waals surface area contributed by atoms with Gasteiger partial charge >= 0.3 is 0 Å². The molecule has 0 aromatic heterocycles. The van der Waals surface area contributed by atoms with Gasteiger partial charge in [0, 0.05) is 27.3 Å². The van der Waals surface area contributed by atoms with Crippen molar-refractivity contribution in [3.63, 3.8) is 0 Å². The molecule has 1 aliphatic carbocycles. The Bertz CT molecular complexity index is 573. The summed E-state index contributed by atoms with van der Waals surface area (Å²) in [7, 11) is 5.21. The van der Waals surface area contributed by atoms with E-state index in [0.717, 1.165) is 37.0 Å².